The van der Waals surface area contributed by atoms with E-state index in [9.17, 15) is 4.79 Å². The molecule has 1 amide bonds. The first kappa shape index (κ1) is 11.4. The highest BCUT2D eigenvalue weighted by molar-refractivity contribution is 7.18. The van der Waals surface area contributed by atoms with E-state index in [0.717, 1.165) is 12.8 Å². The molecule has 2 aromatic rings. The molecule has 1 aliphatic heterocycles. The van der Waals surface area contributed by atoms with Gasteiger partial charge in [-0.3, -0.25) is 10.1 Å². The first-order valence-electron chi connectivity index (χ1n) is 5.63. The van der Waals surface area contributed by atoms with Gasteiger partial charge in [-0.25, -0.2) is 0 Å². The molecule has 0 aromatic carbocycles. The maximum absolute atomic E-state index is 11.8. The van der Waals surface area contributed by atoms with Gasteiger partial charge in [-0.1, -0.05) is 11.3 Å². The highest BCUT2D eigenvalue weighted by Gasteiger charge is 2.24. The van der Waals surface area contributed by atoms with Crippen LogP contribution in [0.2, 0.25) is 0 Å². The smallest absolute Gasteiger partial charge is 0.255 e. The zero-order chi connectivity index (χ0) is 12.4. The van der Waals surface area contributed by atoms with Gasteiger partial charge in [0.05, 0.1) is 6.26 Å². The monoisotopic (exact) mass is 265 g/mol. The summed E-state index contributed by atoms with van der Waals surface area (Å²) in [5.74, 6) is 0.486. The Kier molecular flexibility index (Phi) is 3.07. The number of amides is 1. The molecule has 1 unspecified atom stereocenters. The Morgan fingerprint density at radius 3 is 3.17 bits per heavy atom. The Hall–Kier alpha value is -1.73. The van der Waals surface area contributed by atoms with Crippen molar-refractivity contribution < 1.29 is 13.9 Å². The van der Waals surface area contributed by atoms with Gasteiger partial charge in [-0.2, -0.15) is 0 Å². The summed E-state index contributed by atoms with van der Waals surface area (Å²) in [6.07, 6.45) is 2.89. The van der Waals surface area contributed by atoms with E-state index in [2.05, 4.69) is 15.5 Å². The molecule has 1 saturated heterocycles. The van der Waals surface area contributed by atoms with Crippen molar-refractivity contribution >= 4 is 22.4 Å². The van der Waals surface area contributed by atoms with Crippen molar-refractivity contribution in [1.82, 2.24) is 10.2 Å². The molecule has 18 heavy (non-hydrogen) atoms. The highest BCUT2D eigenvalue weighted by Crippen LogP contribution is 2.26. The van der Waals surface area contributed by atoms with Gasteiger partial charge in [0.2, 0.25) is 5.13 Å². The Bertz CT molecular complexity index is 531. The summed E-state index contributed by atoms with van der Waals surface area (Å²) >= 11 is 1.27. The Morgan fingerprint density at radius 2 is 2.44 bits per heavy atom. The molecular formula is C11H11N3O3S. The van der Waals surface area contributed by atoms with Crippen LogP contribution < -0.4 is 5.32 Å². The Morgan fingerprint density at radius 1 is 1.50 bits per heavy atom. The molecule has 6 nitrogen and oxygen atoms in total. The highest BCUT2D eigenvalue weighted by atomic mass is 32.1. The lowest BCUT2D eigenvalue weighted by molar-refractivity contribution is -0.124. The number of carbonyl (C=O) groups excluding carboxylic acids is 1. The van der Waals surface area contributed by atoms with Crippen molar-refractivity contribution in [3.63, 3.8) is 0 Å². The number of anilines is 1. The van der Waals surface area contributed by atoms with E-state index in [4.69, 9.17) is 9.15 Å². The summed E-state index contributed by atoms with van der Waals surface area (Å²) in [7, 11) is 0. The van der Waals surface area contributed by atoms with Crippen LogP contribution >= 0.6 is 11.3 Å². The standard InChI is InChI=1S/C11H11N3O3S/c15-9(7-3-1-5-16-7)12-11-14-13-10(18-11)8-4-2-6-17-8/h2,4,6-7H,1,3,5H2,(H,12,14,15). The molecule has 7 heteroatoms. The molecule has 3 heterocycles. The molecule has 1 N–H and O–H groups in total. The second-order valence-corrected chi connectivity index (χ2v) is 4.86. The van der Waals surface area contributed by atoms with E-state index in [1.165, 1.54) is 11.3 Å². The molecule has 3 rings (SSSR count). The summed E-state index contributed by atoms with van der Waals surface area (Å²) in [6, 6.07) is 3.58. The maximum Gasteiger partial charge on any atom is 0.255 e. The van der Waals surface area contributed by atoms with E-state index >= 15 is 0 Å². The van der Waals surface area contributed by atoms with Crippen LogP contribution in [0, 0.1) is 0 Å². The predicted molar refractivity (Wildman–Crippen MR) is 65.2 cm³/mol. The summed E-state index contributed by atoms with van der Waals surface area (Å²) in [5.41, 5.74) is 0. The van der Waals surface area contributed by atoms with Gasteiger partial charge in [-0.15, -0.1) is 10.2 Å². The summed E-state index contributed by atoms with van der Waals surface area (Å²) in [5, 5.41) is 11.7. The molecule has 0 spiro atoms. The first-order chi connectivity index (χ1) is 8.83. The second kappa shape index (κ2) is 4.87. The van der Waals surface area contributed by atoms with Gasteiger partial charge in [0.25, 0.3) is 5.91 Å². The van der Waals surface area contributed by atoms with Crippen molar-refractivity contribution in [2.24, 2.45) is 0 Å². The molecule has 94 valence electrons. The molecule has 0 radical (unpaired) electrons. The SMILES string of the molecule is O=C(Nc1nnc(-c2ccco2)s1)C1CCCO1. The van der Waals surface area contributed by atoms with Crippen LogP contribution in [0.4, 0.5) is 5.13 Å². The summed E-state index contributed by atoms with van der Waals surface area (Å²) < 4.78 is 10.5. The van der Waals surface area contributed by atoms with Crippen LogP contribution in [0.15, 0.2) is 22.8 Å². The number of aromatic nitrogens is 2. The van der Waals surface area contributed by atoms with Crippen molar-refractivity contribution in [2.75, 3.05) is 11.9 Å². The second-order valence-electron chi connectivity index (χ2n) is 3.88. The van der Waals surface area contributed by atoms with Gasteiger partial charge in [0.15, 0.2) is 10.8 Å². The Labute approximate surface area is 107 Å². The van der Waals surface area contributed by atoms with Gasteiger partial charge < -0.3 is 9.15 Å². The number of ether oxygens (including phenoxy) is 1. The third-order valence-corrected chi connectivity index (χ3v) is 3.46. The van der Waals surface area contributed by atoms with E-state index in [-0.39, 0.29) is 12.0 Å². The van der Waals surface area contributed by atoms with Gasteiger partial charge in [-0.05, 0) is 25.0 Å². The number of hydrogen-bond acceptors (Lipinski definition) is 6. The third-order valence-electron chi connectivity index (χ3n) is 2.61. The average Bonchev–Trinajstić information content (AvgIpc) is 3.12. The van der Waals surface area contributed by atoms with Gasteiger partial charge in [0, 0.05) is 6.61 Å². The van der Waals surface area contributed by atoms with Crippen LogP contribution in [0.25, 0.3) is 10.8 Å². The third kappa shape index (κ3) is 2.27. The van der Waals surface area contributed by atoms with Crippen LogP contribution in [0.1, 0.15) is 12.8 Å². The topological polar surface area (TPSA) is 77.3 Å². The molecule has 2 aromatic heterocycles. The summed E-state index contributed by atoms with van der Waals surface area (Å²) in [6.45, 7) is 0.645. The number of hydrogen-bond donors (Lipinski definition) is 1. The fraction of sp³-hybridized carbons (Fsp3) is 0.364. The average molecular weight is 265 g/mol. The fourth-order valence-electron chi connectivity index (χ4n) is 1.74. The maximum atomic E-state index is 11.8. The zero-order valence-corrected chi connectivity index (χ0v) is 10.3. The van der Waals surface area contributed by atoms with Crippen molar-refractivity contribution in [3.8, 4) is 10.8 Å². The minimum atomic E-state index is -0.360. The quantitative estimate of drug-likeness (QED) is 0.917. The van der Waals surface area contributed by atoms with E-state index < -0.39 is 0 Å². The largest absolute Gasteiger partial charge is 0.462 e. The van der Waals surface area contributed by atoms with Crippen LogP contribution in [0.5, 0.6) is 0 Å². The minimum Gasteiger partial charge on any atom is -0.462 e. The van der Waals surface area contributed by atoms with Crippen molar-refractivity contribution in [1.29, 1.82) is 0 Å². The lowest BCUT2D eigenvalue weighted by Crippen LogP contribution is -2.26. The molecule has 0 aliphatic carbocycles. The predicted octanol–water partition coefficient (Wildman–Crippen LogP) is 1.92. The number of rotatable bonds is 3. The van der Waals surface area contributed by atoms with Crippen LogP contribution in [0.3, 0.4) is 0 Å². The number of carbonyl (C=O) groups is 1. The van der Waals surface area contributed by atoms with Gasteiger partial charge in [0.1, 0.15) is 6.10 Å². The van der Waals surface area contributed by atoms with Crippen LogP contribution in [-0.4, -0.2) is 28.8 Å². The van der Waals surface area contributed by atoms with E-state index in [1.54, 1.807) is 18.4 Å². The van der Waals surface area contributed by atoms with E-state index in [1.807, 2.05) is 0 Å². The molecule has 0 saturated carbocycles. The lowest BCUT2D eigenvalue weighted by atomic mass is 10.2. The Balaban J connectivity index is 1.68. The number of nitrogens with one attached hydrogen (secondary N) is 1. The van der Waals surface area contributed by atoms with Gasteiger partial charge >= 0.3 is 0 Å². The number of nitrogens with zero attached hydrogens (tertiary/aromatic N) is 2. The summed E-state index contributed by atoms with van der Waals surface area (Å²) in [4.78, 5) is 11.8. The normalized spacial score (nSPS) is 19.0. The zero-order valence-electron chi connectivity index (χ0n) is 9.46. The lowest BCUT2D eigenvalue weighted by Gasteiger charge is -2.06. The van der Waals surface area contributed by atoms with Crippen molar-refractivity contribution in [3.05, 3.63) is 18.4 Å². The molecular weight excluding hydrogens is 254 g/mol. The minimum absolute atomic E-state index is 0.158. The number of furan rings is 1. The molecule has 1 fully saturated rings. The molecule has 1 atom stereocenters. The molecule has 0 bridgehead atoms. The van der Waals surface area contributed by atoms with Crippen molar-refractivity contribution in [2.45, 2.75) is 18.9 Å². The van der Waals surface area contributed by atoms with Crippen LogP contribution in [-0.2, 0) is 9.53 Å². The molecule has 1 aliphatic rings. The first-order valence-corrected chi connectivity index (χ1v) is 6.44. The van der Waals surface area contributed by atoms with E-state index in [0.29, 0.717) is 22.5 Å². The fourth-order valence-corrected chi connectivity index (χ4v) is 2.46.